The lowest BCUT2D eigenvalue weighted by Gasteiger charge is -2.01. The van der Waals surface area contributed by atoms with E-state index in [1.165, 1.54) is 6.07 Å². The van der Waals surface area contributed by atoms with Gasteiger partial charge in [0.25, 0.3) is 0 Å². The third-order valence-electron chi connectivity index (χ3n) is 2.37. The van der Waals surface area contributed by atoms with Gasteiger partial charge in [-0.2, -0.15) is 0 Å². The van der Waals surface area contributed by atoms with E-state index in [1.54, 1.807) is 26.0 Å². The van der Waals surface area contributed by atoms with Gasteiger partial charge in [0.2, 0.25) is 0 Å². The molecule has 1 aromatic heterocycles. The van der Waals surface area contributed by atoms with Gasteiger partial charge >= 0.3 is 5.97 Å². The predicted molar refractivity (Wildman–Crippen MR) is 63.9 cm³/mol. The summed E-state index contributed by atoms with van der Waals surface area (Å²) in [6, 6.07) is 4.61. The second-order valence-electron chi connectivity index (χ2n) is 3.68. The van der Waals surface area contributed by atoms with Crippen LogP contribution >= 0.6 is 11.3 Å². The number of aromatic nitrogens is 1. The fourth-order valence-corrected chi connectivity index (χ4v) is 2.29. The number of hydrogen-bond donors (Lipinski definition) is 1. The molecular formula is C12H10FNO2S. The number of carboxylic acids is 1. The Balaban J connectivity index is 2.59. The Labute approximate surface area is 102 Å². The molecule has 1 aromatic carbocycles. The van der Waals surface area contributed by atoms with Gasteiger partial charge in [0.15, 0.2) is 0 Å². The quantitative estimate of drug-likeness (QED) is 0.891. The number of benzene rings is 1. The lowest BCUT2D eigenvalue weighted by Crippen LogP contribution is -1.96. The minimum Gasteiger partial charge on any atom is -0.477 e. The summed E-state index contributed by atoms with van der Waals surface area (Å²) in [6.45, 7) is 3.38. The van der Waals surface area contributed by atoms with Crippen molar-refractivity contribution in [2.45, 2.75) is 13.8 Å². The fourth-order valence-electron chi connectivity index (χ4n) is 1.51. The number of carboxylic acid groups (broad SMARTS) is 1. The van der Waals surface area contributed by atoms with E-state index in [9.17, 15) is 9.18 Å². The van der Waals surface area contributed by atoms with Gasteiger partial charge in [0, 0.05) is 5.56 Å². The van der Waals surface area contributed by atoms with E-state index in [-0.39, 0.29) is 10.7 Å². The first-order chi connectivity index (χ1) is 7.99. The van der Waals surface area contributed by atoms with Crippen molar-refractivity contribution < 1.29 is 14.3 Å². The highest BCUT2D eigenvalue weighted by Gasteiger charge is 2.17. The summed E-state index contributed by atoms with van der Waals surface area (Å²) < 4.78 is 13.4. The van der Waals surface area contributed by atoms with E-state index >= 15 is 0 Å². The van der Waals surface area contributed by atoms with Crippen molar-refractivity contribution >= 4 is 17.3 Å². The molecule has 0 spiro atoms. The molecule has 3 nitrogen and oxygen atoms in total. The molecule has 0 saturated carbocycles. The Kier molecular flexibility index (Phi) is 2.93. The maximum Gasteiger partial charge on any atom is 0.348 e. The highest BCUT2D eigenvalue weighted by molar-refractivity contribution is 7.14. The molecular weight excluding hydrogens is 241 g/mol. The number of nitrogens with zero attached hydrogens (tertiary/aromatic N) is 1. The summed E-state index contributed by atoms with van der Waals surface area (Å²) in [6.07, 6.45) is 0. The molecule has 1 N–H and O–H groups in total. The molecule has 0 saturated heterocycles. The lowest BCUT2D eigenvalue weighted by atomic mass is 10.1. The van der Waals surface area contributed by atoms with E-state index in [1.807, 2.05) is 0 Å². The number of thiazole rings is 1. The van der Waals surface area contributed by atoms with Crippen molar-refractivity contribution in [3.63, 3.8) is 0 Å². The van der Waals surface area contributed by atoms with Gasteiger partial charge in [-0.1, -0.05) is 12.1 Å². The van der Waals surface area contributed by atoms with Crippen LogP contribution in [-0.4, -0.2) is 16.1 Å². The zero-order valence-corrected chi connectivity index (χ0v) is 10.1. The van der Waals surface area contributed by atoms with Gasteiger partial charge < -0.3 is 5.11 Å². The average Bonchev–Trinajstić information content (AvgIpc) is 2.64. The molecule has 88 valence electrons. The van der Waals surface area contributed by atoms with Gasteiger partial charge in [0.05, 0.1) is 10.7 Å². The normalized spacial score (nSPS) is 10.5. The minimum absolute atomic E-state index is 0.144. The number of halogens is 1. The topological polar surface area (TPSA) is 50.2 Å². The van der Waals surface area contributed by atoms with Crippen LogP contribution < -0.4 is 0 Å². The molecule has 2 aromatic rings. The SMILES string of the molecule is Cc1nc(-c2ccc(C)c(F)c2)c(C(=O)O)s1. The second kappa shape index (κ2) is 4.25. The van der Waals surface area contributed by atoms with E-state index in [0.717, 1.165) is 11.3 Å². The van der Waals surface area contributed by atoms with Gasteiger partial charge in [0.1, 0.15) is 10.7 Å². The predicted octanol–water partition coefficient (Wildman–Crippen LogP) is 3.26. The van der Waals surface area contributed by atoms with Crippen molar-refractivity contribution in [1.29, 1.82) is 0 Å². The third kappa shape index (κ3) is 2.19. The molecule has 1 heterocycles. The van der Waals surface area contributed by atoms with Crippen LogP contribution in [0.25, 0.3) is 11.3 Å². The number of aromatic carboxylic acids is 1. The lowest BCUT2D eigenvalue weighted by molar-refractivity contribution is 0.0702. The molecule has 17 heavy (non-hydrogen) atoms. The highest BCUT2D eigenvalue weighted by atomic mass is 32.1. The van der Waals surface area contributed by atoms with Gasteiger partial charge in [-0.15, -0.1) is 11.3 Å². The van der Waals surface area contributed by atoms with E-state index < -0.39 is 5.97 Å². The summed E-state index contributed by atoms with van der Waals surface area (Å²) in [5.74, 6) is -1.39. The van der Waals surface area contributed by atoms with E-state index in [4.69, 9.17) is 5.11 Å². The fraction of sp³-hybridized carbons (Fsp3) is 0.167. The van der Waals surface area contributed by atoms with Crippen LogP contribution in [0.5, 0.6) is 0 Å². The maximum absolute atomic E-state index is 13.4. The van der Waals surface area contributed by atoms with Crippen LogP contribution in [0.3, 0.4) is 0 Å². The van der Waals surface area contributed by atoms with Crippen molar-refractivity contribution in [1.82, 2.24) is 4.98 Å². The molecule has 0 unspecified atom stereocenters. The monoisotopic (exact) mass is 251 g/mol. The van der Waals surface area contributed by atoms with E-state index in [2.05, 4.69) is 4.98 Å². The first-order valence-corrected chi connectivity index (χ1v) is 5.78. The van der Waals surface area contributed by atoms with Crippen molar-refractivity contribution in [2.75, 3.05) is 0 Å². The minimum atomic E-state index is -1.04. The Morgan fingerprint density at radius 1 is 1.41 bits per heavy atom. The molecule has 2 rings (SSSR count). The standard InChI is InChI=1S/C12H10FNO2S/c1-6-3-4-8(5-9(6)13)10-11(12(15)16)17-7(2)14-10/h3-5H,1-2H3,(H,15,16). The van der Waals surface area contributed by atoms with Crippen molar-refractivity contribution in [2.24, 2.45) is 0 Å². The van der Waals surface area contributed by atoms with Crippen LogP contribution in [0, 0.1) is 19.7 Å². The number of rotatable bonds is 2. The molecule has 0 aliphatic rings. The first kappa shape index (κ1) is 11.7. The Morgan fingerprint density at radius 2 is 2.12 bits per heavy atom. The summed E-state index contributed by atoms with van der Waals surface area (Å²) >= 11 is 1.09. The average molecular weight is 251 g/mol. The molecule has 0 aliphatic carbocycles. The number of carbonyl (C=O) groups is 1. The first-order valence-electron chi connectivity index (χ1n) is 4.96. The van der Waals surface area contributed by atoms with Crippen LogP contribution in [0.1, 0.15) is 20.2 Å². The van der Waals surface area contributed by atoms with E-state index in [0.29, 0.717) is 21.8 Å². The summed E-state index contributed by atoms with van der Waals surface area (Å²) in [5, 5.41) is 9.69. The van der Waals surface area contributed by atoms with Crippen molar-refractivity contribution in [3.8, 4) is 11.3 Å². The smallest absolute Gasteiger partial charge is 0.348 e. The molecule has 0 fully saturated rings. The highest BCUT2D eigenvalue weighted by Crippen LogP contribution is 2.29. The molecule has 0 aliphatic heterocycles. The molecule has 5 heteroatoms. The number of aryl methyl sites for hydroxylation is 2. The van der Waals surface area contributed by atoms with Gasteiger partial charge in [-0.25, -0.2) is 14.2 Å². The molecule has 0 bridgehead atoms. The summed E-state index contributed by atoms with van der Waals surface area (Å²) in [4.78, 5) is 15.3. The van der Waals surface area contributed by atoms with Crippen LogP contribution in [-0.2, 0) is 0 Å². The van der Waals surface area contributed by atoms with Gasteiger partial charge in [-0.3, -0.25) is 0 Å². The van der Waals surface area contributed by atoms with Crippen LogP contribution in [0.2, 0.25) is 0 Å². The zero-order valence-electron chi connectivity index (χ0n) is 9.32. The summed E-state index contributed by atoms with van der Waals surface area (Å²) in [7, 11) is 0. The maximum atomic E-state index is 13.4. The molecule has 0 radical (unpaired) electrons. The number of hydrogen-bond acceptors (Lipinski definition) is 3. The second-order valence-corrected chi connectivity index (χ2v) is 4.88. The Bertz CT molecular complexity index is 592. The molecule has 0 amide bonds. The third-order valence-corrected chi connectivity index (χ3v) is 3.33. The summed E-state index contributed by atoms with van der Waals surface area (Å²) in [5.41, 5.74) is 1.35. The van der Waals surface area contributed by atoms with Crippen LogP contribution in [0.4, 0.5) is 4.39 Å². The largest absolute Gasteiger partial charge is 0.477 e. The zero-order chi connectivity index (χ0) is 12.6. The Morgan fingerprint density at radius 3 is 2.71 bits per heavy atom. The Hall–Kier alpha value is -1.75. The molecule has 0 atom stereocenters. The van der Waals surface area contributed by atoms with Crippen molar-refractivity contribution in [3.05, 3.63) is 39.5 Å². The van der Waals surface area contributed by atoms with Crippen LogP contribution in [0.15, 0.2) is 18.2 Å². The van der Waals surface area contributed by atoms with Gasteiger partial charge in [-0.05, 0) is 25.5 Å².